The molecule has 2 aromatic rings. The van der Waals surface area contributed by atoms with Gasteiger partial charge in [0.15, 0.2) is 6.61 Å². The summed E-state index contributed by atoms with van der Waals surface area (Å²) in [5, 5.41) is 14.4. The van der Waals surface area contributed by atoms with Gasteiger partial charge in [0.05, 0.1) is 12.0 Å². The minimum Gasteiger partial charge on any atom is -0.455 e. The number of hydrogen-bond acceptors (Lipinski definition) is 6. The van der Waals surface area contributed by atoms with Crippen molar-refractivity contribution in [2.24, 2.45) is 0 Å². The molecule has 5 nitrogen and oxygen atoms in total. The van der Waals surface area contributed by atoms with Crippen molar-refractivity contribution in [2.75, 3.05) is 11.9 Å². The van der Waals surface area contributed by atoms with E-state index in [4.69, 9.17) is 4.74 Å². The highest BCUT2D eigenvalue weighted by molar-refractivity contribution is 7.16. The van der Waals surface area contributed by atoms with E-state index < -0.39 is 11.9 Å². The fourth-order valence-corrected chi connectivity index (χ4v) is 4.47. The minimum atomic E-state index is -0.434. The maximum Gasteiger partial charge on any atom is 0.311 e. The molecule has 118 valence electrons. The largest absolute Gasteiger partial charge is 0.455 e. The highest BCUT2D eigenvalue weighted by Crippen LogP contribution is 2.38. The van der Waals surface area contributed by atoms with Crippen molar-refractivity contribution in [3.8, 4) is 6.07 Å². The molecule has 1 N–H and O–H groups in total. The first-order valence-electron chi connectivity index (χ1n) is 7.20. The van der Waals surface area contributed by atoms with Crippen LogP contribution >= 0.6 is 22.7 Å². The zero-order valence-electron chi connectivity index (χ0n) is 12.3. The summed E-state index contributed by atoms with van der Waals surface area (Å²) in [6.45, 7) is -0.336. The summed E-state index contributed by atoms with van der Waals surface area (Å²) in [7, 11) is 0. The zero-order chi connectivity index (χ0) is 16.2. The fourth-order valence-electron chi connectivity index (χ4n) is 2.53. The van der Waals surface area contributed by atoms with E-state index in [1.807, 2.05) is 17.5 Å². The zero-order valence-corrected chi connectivity index (χ0v) is 13.9. The van der Waals surface area contributed by atoms with Gasteiger partial charge in [-0.25, -0.2) is 0 Å². The quantitative estimate of drug-likeness (QED) is 0.844. The molecule has 0 aliphatic heterocycles. The number of nitriles is 1. The molecule has 0 bridgehead atoms. The van der Waals surface area contributed by atoms with Crippen LogP contribution in [-0.2, 0) is 33.6 Å². The summed E-state index contributed by atoms with van der Waals surface area (Å²) in [6.07, 6.45) is 3.08. The molecule has 0 spiro atoms. The van der Waals surface area contributed by atoms with E-state index in [0.717, 1.165) is 29.7 Å². The Labute approximate surface area is 141 Å². The molecule has 2 heterocycles. The number of ether oxygens (including phenoxy) is 1. The summed E-state index contributed by atoms with van der Waals surface area (Å²) in [5.74, 6) is -0.849. The molecule has 0 fully saturated rings. The molecule has 0 atom stereocenters. The van der Waals surface area contributed by atoms with E-state index in [2.05, 4.69) is 11.4 Å². The number of esters is 1. The summed E-state index contributed by atoms with van der Waals surface area (Å²) in [5.41, 5.74) is 1.61. The maximum atomic E-state index is 11.9. The number of nitrogens with zero attached hydrogens (tertiary/aromatic N) is 1. The Balaban J connectivity index is 1.54. The number of anilines is 1. The summed E-state index contributed by atoms with van der Waals surface area (Å²) >= 11 is 2.92. The Hall–Kier alpha value is -2.17. The molecule has 0 saturated carbocycles. The van der Waals surface area contributed by atoms with Crippen molar-refractivity contribution < 1.29 is 14.3 Å². The van der Waals surface area contributed by atoms with Crippen molar-refractivity contribution >= 4 is 39.6 Å². The molecule has 1 aliphatic carbocycles. The minimum absolute atomic E-state index is 0.168. The average molecular weight is 346 g/mol. The van der Waals surface area contributed by atoms with Crippen molar-refractivity contribution in [1.29, 1.82) is 5.26 Å². The predicted octanol–water partition coefficient (Wildman–Crippen LogP) is 2.89. The summed E-state index contributed by atoms with van der Waals surface area (Å²) < 4.78 is 4.98. The third kappa shape index (κ3) is 3.60. The SMILES string of the molecule is N#Cc1c(NC(=O)COC(=O)Cc2cccs2)sc2c1CCC2. The monoisotopic (exact) mass is 346 g/mol. The molecular formula is C16H14N2O3S2. The van der Waals surface area contributed by atoms with Crippen molar-refractivity contribution in [3.05, 3.63) is 38.4 Å². The van der Waals surface area contributed by atoms with Crippen LogP contribution in [0.5, 0.6) is 0 Å². The normalized spacial score (nSPS) is 12.5. The van der Waals surface area contributed by atoms with Crippen molar-refractivity contribution in [1.82, 2.24) is 0 Å². The van der Waals surface area contributed by atoms with Gasteiger partial charge >= 0.3 is 5.97 Å². The second kappa shape index (κ2) is 6.94. The van der Waals surface area contributed by atoms with E-state index in [1.165, 1.54) is 27.6 Å². The molecule has 0 aromatic carbocycles. The smallest absolute Gasteiger partial charge is 0.311 e. The second-order valence-corrected chi connectivity index (χ2v) is 7.28. The van der Waals surface area contributed by atoms with Gasteiger partial charge in [0.1, 0.15) is 11.1 Å². The molecule has 1 amide bonds. The molecule has 0 saturated heterocycles. The van der Waals surface area contributed by atoms with Crippen LogP contribution in [0.4, 0.5) is 5.00 Å². The van der Waals surface area contributed by atoms with E-state index >= 15 is 0 Å². The van der Waals surface area contributed by atoms with Crippen LogP contribution in [0.15, 0.2) is 17.5 Å². The van der Waals surface area contributed by atoms with E-state index in [9.17, 15) is 14.9 Å². The van der Waals surface area contributed by atoms with E-state index in [1.54, 1.807) is 0 Å². The fraction of sp³-hybridized carbons (Fsp3) is 0.312. The third-order valence-corrected chi connectivity index (χ3v) is 5.63. The lowest BCUT2D eigenvalue weighted by Gasteiger charge is -2.05. The van der Waals surface area contributed by atoms with Crippen LogP contribution in [0.1, 0.15) is 27.3 Å². The first kappa shape index (κ1) is 15.7. The maximum absolute atomic E-state index is 11.9. The Kier molecular flexibility index (Phi) is 4.74. The van der Waals surface area contributed by atoms with Crippen LogP contribution in [0.3, 0.4) is 0 Å². The molecule has 3 rings (SSSR count). The predicted molar refractivity (Wildman–Crippen MR) is 88.7 cm³/mol. The van der Waals surface area contributed by atoms with Crippen LogP contribution in [0.25, 0.3) is 0 Å². The number of carbonyl (C=O) groups excluding carboxylic acids is 2. The number of thiophene rings is 2. The highest BCUT2D eigenvalue weighted by Gasteiger charge is 2.23. The number of aryl methyl sites for hydroxylation is 1. The Morgan fingerprint density at radius 3 is 3.00 bits per heavy atom. The van der Waals surface area contributed by atoms with Crippen LogP contribution in [0.2, 0.25) is 0 Å². The van der Waals surface area contributed by atoms with Gasteiger partial charge in [0.25, 0.3) is 5.91 Å². The number of amides is 1. The van der Waals surface area contributed by atoms with Gasteiger partial charge in [-0.05, 0) is 36.3 Å². The first-order valence-corrected chi connectivity index (χ1v) is 8.89. The highest BCUT2D eigenvalue weighted by atomic mass is 32.1. The third-order valence-electron chi connectivity index (χ3n) is 3.55. The number of hydrogen-bond donors (Lipinski definition) is 1. The Morgan fingerprint density at radius 1 is 1.39 bits per heavy atom. The summed E-state index contributed by atoms with van der Waals surface area (Å²) in [6, 6.07) is 5.87. The van der Waals surface area contributed by atoms with Crippen molar-refractivity contribution in [3.63, 3.8) is 0 Å². The Bertz CT molecular complexity index is 772. The molecular weight excluding hydrogens is 332 g/mol. The standard InChI is InChI=1S/C16H14N2O3S2/c17-8-12-11-4-1-5-13(11)23-16(12)18-14(19)9-21-15(20)7-10-3-2-6-22-10/h2-3,6H,1,4-5,7,9H2,(H,18,19). The van der Waals surface area contributed by atoms with Crippen LogP contribution < -0.4 is 5.32 Å². The van der Waals surface area contributed by atoms with Gasteiger partial charge in [0, 0.05) is 9.75 Å². The van der Waals surface area contributed by atoms with Gasteiger partial charge in [0.2, 0.25) is 0 Å². The van der Waals surface area contributed by atoms with Crippen molar-refractivity contribution in [2.45, 2.75) is 25.7 Å². The number of nitrogens with one attached hydrogen (secondary N) is 1. The lowest BCUT2D eigenvalue weighted by molar-refractivity contribution is -0.146. The number of carbonyl (C=O) groups is 2. The average Bonchev–Trinajstić information content (AvgIpc) is 3.22. The molecule has 1 aliphatic rings. The second-order valence-electron chi connectivity index (χ2n) is 5.14. The van der Waals surface area contributed by atoms with Gasteiger partial charge in [-0.1, -0.05) is 6.07 Å². The van der Waals surface area contributed by atoms with Crippen LogP contribution in [0, 0.1) is 11.3 Å². The molecule has 7 heteroatoms. The molecule has 23 heavy (non-hydrogen) atoms. The molecule has 2 aromatic heterocycles. The summed E-state index contributed by atoms with van der Waals surface area (Å²) in [4.78, 5) is 25.7. The van der Waals surface area contributed by atoms with E-state index in [-0.39, 0.29) is 13.0 Å². The Morgan fingerprint density at radius 2 is 2.26 bits per heavy atom. The van der Waals surface area contributed by atoms with Gasteiger partial charge in [-0.2, -0.15) is 5.26 Å². The van der Waals surface area contributed by atoms with Gasteiger partial charge < -0.3 is 10.1 Å². The van der Waals surface area contributed by atoms with Gasteiger partial charge in [-0.3, -0.25) is 9.59 Å². The lowest BCUT2D eigenvalue weighted by Crippen LogP contribution is -2.21. The topological polar surface area (TPSA) is 79.2 Å². The van der Waals surface area contributed by atoms with E-state index in [0.29, 0.717) is 10.6 Å². The lowest BCUT2D eigenvalue weighted by atomic mass is 10.1. The first-order chi connectivity index (χ1) is 11.2. The number of rotatable bonds is 5. The molecule has 0 radical (unpaired) electrons. The van der Waals surface area contributed by atoms with Gasteiger partial charge in [-0.15, -0.1) is 22.7 Å². The molecule has 0 unspecified atom stereocenters. The van der Waals surface area contributed by atoms with Crippen LogP contribution in [-0.4, -0.2) is 18.5 Å². The number of fused-ring (bicyclic) bond motifs is 1.